The molecule has 0 N–H and O–H groups in total. The summed E-state index contributed by atoms with van der Waals surface area (Å²) in [5, 5.41) is 83.3. The second-order valence-electron chi connectivity index (χ2n) is 12.3. The fourth-order valence-electron chi connectivity index (χ4n) is 4.34. The molecule has 0 aliphatic carbocycles. The molecule has 0 fully saturated rings. The van der Waals surface area contributed by atoms with Crippen molar-refractivity contribution >= 4 is 48.7 Å². The minimum atomic E-state index is -1.08. The van der Waals surface area contributed by atoms with E-state index >= 15 is 0 Å². The summed E-state index contributed by atoms with van der Waals surface area (Å²) in [6.45, 7) is 6.04. The van der Waals surface area contributed by atoms with Gasteiger partial charge in [-0.15, -0.1) is 0 Å². The van der Waals surface area contributed by atoms with Crippen LogP contribution in [0.4, 0.5) is 0 Å². The van der Waals surface area contributed by atoms with E-state index in [1.54, 1.807) is 97.7 Å². The summed E-state index contributed by atoms with van der Waals surface area (Å²) in [7, 11) is 5.85. The van der Waals surface area contributed by atoms with Crippen LogP contribution in [0.5, 0.6) is 46.0 Å². The van der Waals surface area contributed by atoms with Crippen molar-refractivity contribution in [2.24, 2.45) is 20.0 Å². The molecule has 4 aromatic rings. The third kappa shape index (κ3) is 38.2. The van der Waals surface area contributed by atoms with Crippen molar-refractivity contribution in [2.75, 3.05) is 54.6 Å². The molecule has 4 aromatic carbocycles. The zero-order valence-corrected chi connectivity index (χ0v) is 52.5. The first-order chi connectivity index (χ1) is 31.3. The SMILES string of the molecule is CC(=O)[O-].CC(=O)[O-].CC(=O)[O-].CC(=O)[O-].COc1cccc(C=NCCCN=Cc2cccc(OC)c2[O-])c1[O-].COc1cccc(C=NCCCN=Cc2cccc(OC)c2[O-])c1[O-].[Zn+2].[Zn+2].[Zn+2].[Zn+2]. The number of benzene rings is 4. The van der Waals surface area contributed by atoms with Crippen LogP contribution in [0.3, 0.4) is 0 Å². The number of nitrogens with zero attached hydrogens (tertiary/aromatic N) is 4. The molecule has 0 spiro atoms. The molecule has 0 saturated carbocycles. The Bertz CT molecular complexity index is 1890. The van der Waals surface area contributed by atoms with Crippen molar-refractivity contribution in [1.29, 1.82) is 0 Å². The van der Waals surface area contributed by atoms with Crippen LogP contribution in [-0.2, 0) is 97.1 Å². The van der Waals surface area contributed by atoms with E-state index < -0.39 is 23.9 Å². The molecular formula is C46H52N4O16Zn4. The van der Waals surface area contributed by atoms with E-state index in [0.717, 1.165) is 27.7 Å². The van der Waals surface area contributed by atoms with Gasteiger partial charge in [-0.25, -0.2) is 0 Å². The number of methoxy groups -OCH3 is 4. The average molecular weight is 1180 g/mol. The number of carbonyl (C=O) groups excluding carboxylic acids is 4. The maximum Gasteiger partial charge on any atom is 2.00 e. The Hall–Kier alpha value is -5.67. The van der Waals surface area contributed by atoms with Crippen molar-refractivity contribution in [3.8, 4) is 46.0 Å². The van der Waals surface area contributed by atoms with Gasteiger partial charge in [-0.2, -0.15) is 0 Å². The number of hydrogen-bond donors (Lipinski definition) is 0. The normalized spacial score (nSPS) is 9.49. The van der Waals surface area contributed by atoms with Crippen LogP contribution in [0.2, 0.25) is 0 Å². The van der Waals surface area contributed by atoms with Gasteiger partial charge in [-0.3, -0.25) is 20.0 Å². The number of aliphatic imine (C=N–C) groups is 4. The Morgan fingerprint density at radius 2 is 0.543 bits per heavy atom. The number of carboxylic acids is 4. The second kappa shape index (κ2) is 47.0. The van der Waals surface area contributed by atoms with Crippen molar-refractivity contribution in [2.45, 2.75) is 40.5 Å². The van der Waals surface area contributed by atoms with Crippen molar-refractivity contribution in [3.05, 3.63) is 95.1 Å². The van der Waals surface area contributed by atoms with Crippen molar-refractivity contribution in [1.82, 2.24) is 0 Å². The van der Waals surface area contributed by atoms with Gasteiger partial charge in [0.2, 0.25) is 0 Å². The fraction of sp³-hybridized carbons (Fsp3) is 0.304. The number of ether oxygens (including phenoxy) is 4. The molecule has 70 heavy (non-hydrogen) atoms. The zero-order chi connectivity index (χ0) is 50.5. The monoisotopic (exact) mass is 1170 g/mol. The van der Waals surface area contributed by atoms with Gasteiger partial charge in [0.25, 0.3) is 0 Å². The Labute approximate surface area is 458 Å². The Morgan fingerprint density at radius 1 is 0.386 bits per heavy atom. The number of rotatable bonds is 16. The largest absolute Gasteiger partial charge is 2.00 e. The van der Waals surface area contributed by atoms with Gasteiger partial charge in [0, 0.05) is 74.9 Å². The molecule has 0 bridgehead atoms. The second-order valence-corrected chi connectivity index (χ2v) is 12.3. The van der Waals surface area contributed by atoms with Crippen LogP contribution in [0.25, 0.3) is 0 Å². The van der Waals surface area contributed by atoms with Crippen LogP contribution < -0.4 is 59.8 Å². The Morgan fingerprint density at radius 3 is 0.686 bits per heavy atom. The molecule has 0 radical (unpaired) electrons. The topological polar surface area (TPSA) is 339 Å². The molecule has 24 heteroatoms. The van der Waals surface area contributed by atoms with Gasteiger partial charge in [-0.1, -0.05) is 71.5 Å². The van der Waals surface area contributed by atoms with Gasteiger partial charge < -0.3 is 79.0 Å². The van der Waals surface area contributed by atoms with Crippen LogP contribution in [-0.4, -0.2) is 103 Å². The summed E-state index contributed by atoms with van der Waals surface area (Å²) in [4.78, 5) is 52.5. The van der Waals surface area contributed by atoms with Crippen molar-refractivity contribution < 1.29 is 157 Å². The molecule has 0 saturated heterocycles. The molecule has 0 aliphatic heterocycles. The van der Waals surface area contributed by atoms with E-state index in [1.165, 1.54) is 28.4 Å². The maximum atomic E-state index is 11.9. The summed E-state index contributed by atoms with van der Waals surface area (Å²) in [5.74, 6) is -3.80. The maximum absolute atomic E-state index is 11.9. The van der Waals surface area contributed by atoms with Gasteiger partial charge in [-0.05, 0) is 87.1 Å². The average Bonchev–Trinajstić information content (AvgIpc) is 3.24. The molecule has 0 aromatic heterocycles. The molecule has 4 rings (SSSR count). The number of carbonyl (C=O) groups is 4. The van der Waals surface area contributed by atoms with Gasteiger partial charge >= 0.3 is 77.9 Å². The first-order valence-electron chi connectivity index (χ1n) is 19.3. The van der Waals surface area contributed by atoms with E-state index in [2.05, 4.69) is 20.0 Å². The Balaban J connectivity index is -0.000000214. The molecule has 0 heterocycles. The molecule has 0 amide bonds. The number of hydrogen-bond acceptors (Lipinski definition) is 20. The van der Waals surface area contributed by atoms with Crippen LogP contribution >= 0.6 is 0 Å². The van der Waals surface area contributed by atoms with Crippen LogP contribution in [0.1, 0.15) is 62.8 Å². The Kier molecular flexibility index (Phi) is 51.0. The molecule has 0 unspecified atom stereocenters. The third-order valence-corrected chi connectivity index (χ3v) is 6.99. The molecule has 20 nitrogen and oxygen atoms in total. The summed E-state index contributed by atoms with van der Waals surface area (Å²) >= 11 is 0. The number of para-hydroxylation sites is 4. The van der Waals surface area contributed by atoms with E-state index in [-0.39, 0.29) is 101 Å². The van der Waals surface area contributed by atoms with E-state index in [9.17, 15) is 20.4 Å². The van der Waals surface area contributed by atoms with E-state index in [0.29, 0.717) is 84.3 Å². The van der Waals surface area contributed by atoms with Crippen LogP contribution in [0, 0.1) is 0 Å². The smallest absolute Gasteiger partial charge is 0.870 e. The van der Waals surface area contributed by atoms with Gasteiger partial charge in [0.15, 0.2) is 0 Å². The molecule has 0 aliphatic rings. The minimum absolute atomic E-state index is 0. The predicted molar refractivity (Wildman–Crippen MR) is 232 cm³/mol. The third-order valence-electron chi connectivity index (χ3n) is 6.99. The quantitative estimate of drug-likeness (QED) is 0.0705. The number of carboxylic acid groups (broad SMARTS) is 4. The molecular weight excluding hydrogens is 1130 g/mol. The summed E-state index contributed by atoms with van der Waals surface area (Å²) in [5.41, 5.74) is 1.98. The summed E-state index contributed by atoms with van der Waals surface area (Å²) in [6, 6.07) is 20.3. The van der Waals surface area contributed by atoms with Gasteiger partial charge in [0.05, 0.1) is 28.4 Å². The summed E-state index contributed by atoms with van der Waals surface area (Å²) < 4.78 is 19.9. The van der Waals surface area contributed by atoms with E-state index in [1.807, 2.05) is 0 Å². The van der Waals surface area contributed by atoms with E-state index in [4.69, 9.17) is 58.6 Å². The summed E-state index contributed by atoms with van der Waals surface area (Å²) in [6.07, 6.45) is 7.62. The fourth-order valence-corrected chi connectivity index (χ4v) is 4.34. The predicted octanol–water partition coefficient (Wildman–Crippen LogP) is -1.43. The number of aliphatic carboxylic acids is 4. The standard InChI is InChI=1S/2C19H22N2O4.4C2H4O2.4Zn/c2*1-24-16-8-3-6-14(18(16)22)12-20-10-5-11-21-13-15-7-4-9-17(25-2)19(15)23;4*1-2(3)4;;;;/h2*3-4,6-9,12-13,22-23H,5,10-11H2,1-2H3;4*1H3,(H,3,4);;;;/q;;;;;;4*+2/p-8. The van der Waals surface area contributed by atoms with Crippen molar-refractivity contribution in [3.63, 3.8) is 0 Å². The van der Waals surface area contributed by atoms with Gasteiger partial charge in [0.1, 0.15) is 23.0 Å². The first-order valence-corrected chi connectivity index (χ1v) is 19.3. The molecule has 0 atom stereocenters. The zero-order valence-electron chi connectivity index (χ0n) is 40.6. The first kappa shape index (κ1) is 75.8. The minimum Gasteiger partial charge on any atom is -0.870 e. The van der Waals surface area contributed by atoms with Crippen LogP contribution in [0.15, 0.2) is 92.8 Å². The molecule has 360 valence electrons.